The number of carbonyl (C=O) groups excluding carboxylic acids is 1. The van der Waals surface area contributed by atoms with Crippen LogP contribution in [0.5, 0.6) is 0 Å². The van der Waals surface area contributed by atoms with Gasteiger partial charge in [0.15, 0.2) is 0 Å². The van der Waals surface area contributed by atoms with Crippen LogP contribution in [0.2, 0.25) is 0 Å². The molecule has 10 heteroatoms. The Bertz CT molecular complexity index is 1300. The lowest BCUT2D eigenvalue weighted by atomic mass is 9.94. The number of pyridine rings is 2. The van der Waals surface area contributed by atoms with Crippen molar-refractivity contribution in [3.05, 3.63) is 64.5 Å². The molecule has 2 aliphatic rings. The Morgan fingerprint density at radius 2 is 2.03 bits per heavy atom. The van der Waals surface area contributed by atoms with Gasteiger partial charge in [-0.25, -0.2) is 4.98 Å². The fraction of sp³-hybridized carbons (Fsp3) is 0.423. The van der Waals surface area contributed by atoms with E-state index < -0.39 is 11.7 Å². The molecule has 2 aliphatic heterocycles. The van der Waals surface area contributed by atoms with Gasteiger partial charge in [-0.15, -0.1) is 0 Å². The maximum absolute atomic E-state index is 13.9. The summed E-state index contributed by atoms with van der Waals surface area (Å²) in [6, 6.07) is 7.46. The van der Waals surface area contributed by atoms with Crippen LogP contribution in [-0.2, 0) is 28.8 Å². The summed E-state index contributed by atoms with van der Waals surface area (Å²) >= 11 is 0. The predicted molar refractivity (Wildman–Crippen MR) is 127 cm³/mol. The Labute approximate surface area is 206 Å². The summed E-state index contributed by atoms with van der Waals surface area (Å²) in [5, 5.41) is 0.807. The van der Waals surface area contributed by atoms with E-state index in [1.807, 2.05) is 19.9 Å². The van der Waals surface area contributed by atoms with Crippen LogP contribution in [0.1, 0.15) is 59.1 Å². The van der Waals surface area contributed by atoms with Crippen molar-refractivity contribution in [3.63, 3.8) is 0 Å². The number of amides is 1. The number of anilines is 1. The number of nitrogens with zero attached hydrogens (tertiary/aromatic N) is 3. The van der Waals surface area contributed by atoms with E-state index in [4.69, 9.17) is 15.2 Å². The SMILES string of the molecule is C[C@H]1OCc2c1c(N)nc1ccc(C(=O)N(Cc3ccc(C(F)(F)F)cn3)[C@H]3CCOC[C@@H]3C)cc21. The maximum Gasteiger partial charge on any atom is 0.417 e. The molecule has 1 amide bonds. The molecule has 0 bridgehead atoms. The van der Waals surface area contributed by atoms with E-state index in [9.17, 15) is 18.0 Å². The van der Waals surface area contributed by atoms with Gasteiger partial charge in [-0.3, -0.25) is 9.78 Å². The number of nitrogen functional groups attached to an aromatic ring is 1. The highest BCUT2D eigenvalue weighted by atomic mass is 19.4. The van der Waals surface area contributed by atoms with Crippen LogP contribution in [0, 0.1) is 5.92 Å². The molecule has 0 saturated carbocycles. The number of aromatic nitrogens is 2. The molecule has 5 rings (SSSR count). The van der Waals surface area contributed by atoms with Crippen molar-refractivity contribution in [2.45, 2.75) is 51.7 Å². The van der Waals surface area contributed by atoms with E-state index in [1.165, 1.54) is 6.07 Å². The summed E-state index contributed by atoms with van der Waals surface area (Å²) in [4.78, 5) is 24.1. The highest BCUT2D eigenvalue weighted by Crippen LogP contribution is 2.38. The number of hydrogen-bond acceptors (Lipinski definition) is 6. The van der Waals surface area contributed by atoms with Crippen molar-refractivity contribution < 1.29 is 27.4 Å². The molecule has 7 nitrogen and oxygen atoms in total. The molecule has 1 aromatic carbocycles. The molecule has 3 atom stereocenters. The van der Waals surface area contributed by atoms with E-state index in [-0.39, 0.29) is 30.5 Å². The molecule has 2 N–H and O–H groups in total. The van der Waals surface area contributed by atoms with Gasteiger partial charge in [-0.05, 0) is 49.2 Å². The van der Waals surface area contributed by atoms with Gasteiger partial charge in [0.05, 0.1) is 42.6 Å². The first-order valence-electron chi connectivity index (χ1n) is 11.9. The summed E-state index contributed by atoms with van der Waals surface area (Å²) in [5.41, 5.74) is 8.62. The molecule has 0 radical (unpaired) electrons. The fourth-order valence-electron chi connectivity index (χ4n) is 5.10. The number of ether oxygens (including phenoxy) is 2. The van der Waals surface area contributed by atoms with Crippen LogP contribution in [0.4, 0.5) is 19.0 Å². The Morgan fingerprint density at radius 1 is 1.22 bits per heavy atom. The third-order valence-electron chi connectivity index (χ3n) is 7.04. The molecule has 0 unspecified atom stereocenters. The minimum atomic E-state index is -4.47. The van der Waals surface area contributed by atoms with E-state index in [0.717, 1.165) is 28.8 Å². The van der Waals surface area contributed by atoms with Crippen molar-refractivity contribution in [1.82, 2.24) is 14.9 Å². The highest BCUT2D eigenvalue weighted by molar-refractivity contribution is 5.99. The minimum Gasteiger partial charge on any atom is -0.383 e. The second kappa shape index (κ2) is 9.33. The standard InChI is InChI=1S/C26H27F3N4O3/c1-14-12-35-8-7-22(14)33(11-18-5-4-17(10-31-18)26(27,28)29)25(34)16-3-6-21-19(9-16)20-13-36-15(2)23(20)24(30)32-21/h3-6,9-10,14-15,22H,7-8,11-13H2,1-2H3,(H2,30,32)/t14-,15+,22-/m0/s1. The Hall–Kier alpha value is -3.24. The Morgan fingerprint density at radius 3 is 2.72 bits per heavy atom. The summed E-state index contributed by atoms with van der Waals surface area (Å²) in [5.74, 6) is 0.250. The predicted octanol–water partition coefficient (Wildman–Crippen LogP) is 4.89. The van der Waals surface area contributed by atoms with Crippen LogP contribution in [0.25, 0.3) is 10.9 Å². The molecule has 2 aromatic heterocycles. The maximum atomic E-state index is 13.9. The number of benzene rings is 1. The summed E-state index contributed by atoms with van der Waals surface area (Å²) in [6.07, 6.45) is -3.22. The molecule has 3 aromatic rings. The van der Waals surface area contributed by atoms with E-state index in [1.54, 1.807) is 17.0 Å². The third kappa shape index (κ3) is 4.51. The molecule has 1 fully saturated rings. The lowest BCUT2D eigenvalue weighted by Gasteiger charge is -2.38. The number of halogens is 3. The van der Waals surface area contributed by atoms with Gasteiger partial charge in [0.1, 0.15) is 5.82 Å². The van der Waals surface area contributed by atoms with Crippen LogP contribution in [-0.4, -0.2) is 40.0 Å². The van der Waals surface area contributed by atoms with E-state index in [0.29, 0.717) is 48.8 Å². The van der Waals surface area contributed by atoms with Gasteiger partial charge in [0.2, 0.25) is 0 Å². The van der Waals surface area contributed by atoms with Gasteiger partial charge >= 0.3 is 6.18 Å². The van der Waals surface area contributed by atoms with Crippen molar-refractivity contribution in [2.24, 2.45) is 5.92 Å². The van der Waals surface area contributed by atoms with Gasteiger partial charge in [-0.2, -0.15) is 13.2 Å². The first kappa shape index (κ1) is 24.5. The van der Waals surface area contributed by atoms with Crippen LogP contribution >= 0.6 is 0 Å². The number of rotatable bonds is 4. The third-order valence-corrected chi connectivity index (χ3v) is 7.04. The van der Waals surface area contributed by atoms with Crippen LogP contribution < -0.4 is 5.73 Å². The molecular formula is C26H27F3N4O3. The average molecular weight is 501 g/mol. The van der Waals surface area contributed by atoms with Gasteiger partial charge in [-0.1, -0.05) is 6.92 Å². The largest absolute Gasteiger partial charge is 0.417 e. The summed E-state index contributed by atoms with van der Waals surface area (Å²) in [7, 11) is 0. The van der Waals surface area contributed by atoms with Gasteiger partial charge < -0.3 is 20.1 Å². The van der Waals surface area contributed by atoms with Crippen LogP contribution in [0.15, 0.2) is 36.5 Å². The molecule has 4 heterocycles. The molecular weight excluding hydrogens is 473 g/mol. The molecule has 1 saturated heterocycles. The smallest absolute Gasteiger partial charge is 0.383 e. The number of nitrogens with two attached hydrogens (primary N) is 1. The normalized spacial score (nSPS) is 22.0. The lowest BCUT2D eigenvalue weighted by molar-refractivity contribution is -0.137. The van der Waals surface area contributed by atoms with Crippen molar-refractivity contribution in [3.8, 4) is 0 Å². The zero-order chi connectivity index (χ0) is 25.6. The second-order valence-electron chi connectivity index (χ2n) is 9.45. The monoisotopic (exact) mass is 500 g/mol. The van der Waals surface area contributed by atoms with Crippen LogP contribution in [0.3, 0.4) is 0 Å². The zero-order valence-corrected chi connectivity index (χ0v) is 20.0. The Kier molecular flexibility index (Phi) is 6.34. The van der Waals surface area contributed by atoms with Crippen molar-refractivity contribution >= 4 is 22.6 Å². The number of fused-ring (bicyclic) bond motifs is 3. The van der Waals surface area contributed by atoms with Crippen molar-refractivity contribution in [2.75, 3.05) is 18.9 Å². The molecule has 0 aliphatic carbocycles. The quantitative estimate of drug-likeness (QED) is 0.549. The number of carbonyl (C=O) groups is 1. The summed E-state index contributed by atoms with van der Waals surface area (Å²) in [6.45, 7) is 5.39. The van der Waals surface area contributed by atoms with E-state index in [2.05, 4.69) is 9.97 Å². The average Bonchev–Trinajstić information content (AvgIpc) is 3.25. The molecule has 190 valence electrons. The lowest BCUT2D eigenvalue weighted by Crippen LogP contribution is -2.47. The first-order valence-corrected chi connectivity index (χ1v) is 11.9. The highest BCUT2D eigenvalue weighted by Gasteiger charge is 2.34. The second-order valence-corrected chi connectivity index (χ2v) is 9.45. The van der Waals surface area contributed by atoms with Gasteiger partial charge in [0.25, 0.3) is 5.91 Å². The van der Waals surface area contributed by atoms with E-state index >= 15 is 0 Å². The Balaban J connectivity index is 1.51. The summed E-state index contributed by atoms with van der Waals surface area (Å²) < 4.78 is 50.3. The zero-order valence-electron chi connectivity index (χ0n) is 20.0. The minimum absolute atomic E-state index is 0.0533. The van der Waals surface area contributed by atoms with Crippen molar-refractivity contribution in [1.29, 1.82) is 0 Å². The fourth-order valence-corrected chi connectivity index (χ4v) is 5.10. The number of alkyl halides is 3. The molecule has 0 spiro atoms. The first-order chi connectivity index (χ1) is 17.1. The van der Waals surface area contributed by atoms with Gasteiger partial charge in [0, 0.05) is 41.3 Å². The molecule has 36 heavy (non-hydrogen) atoms. The number of hydrogen-bond donors (Lipinski definition) is 1. The topological polar surface area (TPSA) is 90.6 Å².